The van der Waals surface area contributed by atoms with Crippen LogP contribution in [0.1, 0.15) is 96.8 Å². The van der Waals surface area contributed by atoms with Crippen LogP contribution in [0.3, 0.4) is 0 Å². The van der Waals surface area contributed by atoms with Gasteiger partial charge in [0, 0.05) is 6.61 Å². The Morgan fingerprint density at radius 1 is 0.862 bits per heavy atom. The molecule has 1 saturated heterocycles. The number of rotatable bonds is 19. The highest BCUT2D eigenvalue weighted by Gasteiger charge is 2.40. The summed E-state index contributed by atoms with van der Waals surface area (Å²) in [6.07, 6.45) is 19.5. The summed E-state index contributed by atoms with van der Waals surface area (Å²) in [7, 11) is 0. The van der Waals surface area contributed by atoms with E-state index in [4.69, 9.17) is 9.47 Å². The van der Waals surface area contributed by atoms with Crippen molar-refractivity contribution in [3.05, 3.63) is 12.2 Å². The van der Waals surface area contributed by atoms with Gasteiger partial charge in [0.05, 0.1) is 13.2 Å². The first kappa shape index (κ1) is 26.6. The van der Waals surface area contributed by atoms with E-state index in [1.807, 2.05) is 0 Å². The Hall–Kier alpha value is -0.460. The number of allylic oxidation sites excluding steroid dienone is 2. The first-order valence-corrected chi connectivity index (χ1v) is 12.0. The molecule has 1 fully saturated rings. The highest BCUT2D eigenvalue weighted by molar-refractivity contribution is 4.88. The number of aliphatic hydroxyl groups excluding tert-OH is 3. The van der Waals surface area contributed by atoms with Gasteiger partial charge in [-0.05, 0) is 26.2 Å². The van der Waals surface area contributed by atoms with Gasteiger partial charge in [0.1, 0.15) is 24.4 Å². The lowest BCUT2D eigenvalue weighted by Gasteiger charge is -2.24. The number of hydrogen-bond acceptors (Lipinski definition) is 5. The molecule has 172 valence electrons. The SMILES string of the molecule is C/C=C/CCCCCCCCCCCCCCCO[C@H](CO)[C@@H]1OC[C@H](O)[C@@H]1O. The van der Waals surface area contributed by atoms with Gasteiger partial charge in [-0.2, -0.15) is 0 Å². The van der Waals surface area contributed by atoms with Gasteiger partial charge in [0.2, 0.25) is 0 Å². The van der Waals surface area contributed by atoms with Crippen LogP contribution in [0.5, 0.6) is 0 Å². The molecular formula is C24H46O5. The van der Waals surface area contributed by atoms with Gasteiger partial charge >= 0.3 is 0 Å². The van der Waals surface area contributed by atoms with E-state index in [2.05, 4.69) is 19.1 Å². The van der Waals surface area contributed by atoms with E-state index < -0.39 is 24.4 Å². The molecule has 0 aliphatic carbocycles. The molecule has 1 rings (SSSR count). The zero-order chi connectivity index (χ0) is 21.2. The second kappa shape index (κ2) is 18.3. The Morgan fingerprint density at radius 2 is 1.38 bits per heavy atom. The molecule has 29 heavy (non-hydrogen) atoms. The van der Waals surface area contributed by atoms with E-state index in [1.165, 1.54) is 77.0 Å². The van der Waals surface area contributed by atoms with Gasteiger partial charge in [-0.3, -0.25) is 0 Å². The fourth-order valence-electron chi connectivity index (χ4n) is 3.91. The molecule has 0 radical (unpaired) electrons. The van der Waals surface area contributed by atoms with Crippen molar-refractivity contribution in [1.29, 1.82) is 0 Å². The van der Waals surface area contributed by atoms with Gasteiger partial charge in [-0.1, -0.05) is 82.8 Å². The largest absolute Gasteiger partial charge is 0.394 e. The molecule has 1 aliphatic rings. The summed E-state index contributed by atoms with van der Waals surface area (Å²) in [4.78, 5) is 0. The zero-order valence-electron chi connectivity index (χ0n) is 18.6. The summed E-state index contributed by atoms with van der Waals surface area (Å²) in [6.45, 7) is 2.55. The number of hydrogen-bond donors (Lipinski definition) is 3. The van der Waals surface area contributed by atoms with Gasteiger partial charge in [0.15, 0.2) is 0 Å². The van der Waals surface area contributed by atoms with Crippen molar-refractivity contribution < 1.29 is 24.8 Å². The molecule has 0 aromatic carbocycles. The van der Waals surface area contributed by atoms with Crippen LogP contribution in [0.2, 0.25) is 0 Å². The Kier molecular flexibility index (Phi) is 16.8. The Morgan fingerprint density at radius 3 is 1.83 bits per heavy atom. The summed E-state index contributed by atoms with van der Waals surface area (Å²) < 4.78 is 11.0. The zero-order valence-corrected chi connectivity index (χ0v) is 18.6. The standard InChI is InChI=1S/C24H46O5/c1-2-3-4-5-6-7-8-9-10-11-12-13-14-15-16-17-18-28-22(19-25)24-23(27)21(26)20-29-24/h2-3,21-27H,4-20H2,1H3/b3-2+/t21-,22+,23-,24-/m0/s1. The van der Waals surface area contributed by atoms with E-state index in [-0.39, 0.29) is 13.2 Å². The third-order valence-corrected chi connectivity index (χ3v) is 5.82. The minimum atomic E-state index is -0.977. The monoisotopic (exact) mass is 414 g/mol. The smallest absolute Gasteiger partial charge is 0.114 e. The molecule has 0 aromatic rings. The van der Waals surface area contributed by atoms with Crippen LogP contribution in [0, 0.1) is 0 Å². The van der Waals surface area contributed by atoms with Crippen molar-refractivity contribution in [2.45, 2.75) is 121 Å². The van der Waals surface area contributed by atoms with Gasteiger partial charge in [-0.15, -0.1) is 0 Å². The minimum Gasteiger partial charge on any atom is -0.394 e. The average Bonchev–Trinajstić information content (AvgIpc) is 3.06. The van der Waals surface area contributed by atoms with Gasteiger partial charge in [0.25, 0.3) is 0 Å². The molecular weight excluding hydrogens is 368 g/mol. The van der Waals surface area contributed by atoms with Crippen LogP contribution >= 0.6 is 0 Å². The number of ether oxygens (including phenoxy) is 2. The normalized spacial score (nSPS) is 23.2. The second-order valence-electron chi connectivity index (χ2n) is 8.40. The molecule has 1 heterocycles. The fourth-order valence-corrected chi connectivity index (χ4v) is 3.91. The van der Waals surface area contributed by atoms with E-state index in [1.54, 1.807) is 0 Å². The average molecular weight is 415 g/mol. The second-order valence-corrected chi connectivity index (χ2v) is 8.40. The lowest BCUT2D eigenvalue weighted by Crippen LogP contribution is -2.42. The Bertz CT molecular complexity index is 387. The Balaban J connectivity index is 1.82. The first-order chi connectivity index (χ1) is 14.2. The third-order valence-electron chi connectivity index (χ3n) is 5.82. The molecule has 0 amide bonds. The minimum absolute atomic E-state index is 0.0998. The van der Waals surface area contributed by atoms with Crippen molar-refractivity contribution in [2.75, 3.05) is 19.8 Å². The van der Waals surface area contributed by atoms with Gasteiger partial charge in [-0.25, -0.2) is 0 Å². The molecule has 0 unspecified atom stereocenters. The summed E-state index contributed by atoms with van der Waals surface area (Å²) in [6, 6.07) is 0. The topological polar surface area (TPSA) is 79.2 Å². The summed E-state index contributed by atoms with van der Waals surface area (Å²) in [5.74, 6) is 0. The van der Waals surface area contributed by atoms with Crippen LogP contribution in [0.15, 0.2) is 12.2 Å². The third kappa shape index (κ3) is 12.7. The highest BCUT2D eigenvalue weighted by atomic mass is 16.6. The summed E-state index contributed by atoms with van der Waals surface area (Å²) in [5, 5.41) is 28.8. The molecule has 3 N–H and O–H groups in total. The molecule has 1 aliphatic heterocycles. The number of aliphatic hydroxyl groups is 3. The maximum Gasteiger partial charge on any atom is 0.114 e. The summed E-state index contributed by atoms with van der Waals surface area (Å²) >= 11 is 0. The van der Waals surface area contributed by atoms with Crippen molar-refractivity contribution in [2.24, 2.45) is 0 Å². The highest BCUT2D eigenvalue weighted by Crippen LogP contribution is 2.20. The van der Waals surface area contributed by atoms with E-state index in [0.717, 1.165) is 12.8 Å². The van der Waals surface area contributed by atoms with Crippen molar-refractivity contribution in [1.82, 2.24) is 0 Å². The van der Waals surface area contributed by atoms with Crippen molar-refractivity contribution in [3.8, 4) is 0 Å². The lowest BCUT2D eigenvalue weighted by atomic mass is 10.0. The first-order valence-electron chi connectivity index (χ1n) is 12.0. The van der Waals surface area contributed by atoms with Gasteiger partial charge < -0.3 is 24.8 Å². The van der Waals surface area contributed by atoms with Crippen LogP contribution in [0.25, 0.3) is 0 Å². The molecule has 4 atom stereocenters. The van der Waals surface area contributed by atoms with Crippen LogP contribution in [-0.4, -0.2) is 59.6 Å². The Labute approximate surface area is 178 Å². The molecule has 0 saturated carbocycles. The maximum atomic E-state index is 9.83. The van der Waals surface area contributed by atoms with E-state index in [9.17, 15) is 15.3 Å². The summed E-state index contributed by atoms with van der Waals surface area (Å²) in [5.41, 5.74) is 0. The molecule has 0 aromatic heterocycles. The molecule has 0 spiro atoms. The molecule has 5 heteroatoms. The van der Waals surface area contributed by atoms with Crippen LogP contribution in [-0.2, 0) is 9.47 Å². The maximum absolute atomic E-state index is 9.83. The molecule has 0 bridgehead atoms. The predicted octanol–water partition coefficient (Wildman–Crippen LogP) is 4.52. The number of unbranched alkanes of at least 4 members (excludes halogenated alkanes) is 13. The molecule has 5 nitrogen and oxygen atoms in total. The van der Waals surface area contributed by atoms with Crippen molar-refractivity contribution in [3.63, 3.8) is 0 Å². The quantitative estimate of drug-likeness (QED) is 0.214. The predicted molar refractivity (Wildman–Crippen MR) is 118 cm³/mol. The van der Waals surface area contributed by atoms with Crippen molar-refractivity contribution >= 4 is 0 Å². The van der Waals surface area contributed by atoms with E-state index >= 15 is 0 Å². The van der Waals surface area contributed by atoms with Crippen LogP contribution in [0.4, 0.5) is 0 Å². The fraction of sp³-hybridized carbons (Fsp3) is 0.917. The lowest BCUT2D eigenvalue weighted by molar-refractivity contribution is -0.101. The van der Waals surface area contributed by atoms with E-state index in [0.29, 0.717) is 6.61 Å². The van der Waals surface area contributed by atoms with Crippen LogP contribution < -0.4 is 0 Å².